The van der Waals surface area contributed by atoms with Crippen molar-refractivity contribution in [1.29, 1.82) is 0 Å². The van der Waals surface area contributed by atoms with Crippen LogP contribution in [0.4, 0.5) is 5.69 Å². The lowest BCUT2D eigenvalue weighted by Gasteiger charge is -2.56. The predicted molar refractivity (Wildman–Crippen MR) is 378 cm³/mol. The Morgan fingerprint density at radius 3 is 2.60 bits per heavy atom. The molecule has 9 bridgehead atoms. The minimum atomic E-state index is -2.58. The van der Waals surface area contributed by atoms with Crippen LogP contribution in [0, 0.1) is 40.9 Å². The highest BCUT2D eigenvalue weighted by Crippen LogP contribution is 2.65. The Bertz CT molecular complexity index is 4390. The number of nitrogens with one attached hydrogen (secondary N) is 6. The molecule has 20 atom stereocenters. The van der Waals surface area contributed by atoms with Crippen molar-refractivity contribution in [3.8, 4) is 23.3 Å². The van der Waals surface area contributed by atoms with E-state index in [9.17, 15) is 40.2 Å². The Kier molecular flexibility index (Phi) is 17.2. The minimum Gasteiger partial charge on any atom is -0.486 e. The number of anilines is 1. The third kappa shape index (κ3) is 10.6. The van der Waals surface area contributed by atoms with E-state index in [4.69, 9.17) is 35.2 Å². The van der Waals surface area contributed by atoms with Crippen LogP contribution in [0.1, 0.15) is 166 Å². The van der Waals surface area contributed by atoms with Gasteiger partial charge in [-0.1, -0.05) is 73.6 Å². The second-order valence-electron chi connectivity index (χ2n) is 31.9. The fourth-order valence-corrected chi connectivity index (χ4v) is 21.7. The van der Waals surface area contributed by atoms with Gasteiger partial charge in [0.2, 0.25) is 12.2 Å². The van der Waals surface area contributed by atoms with Gasteiger partial charge in [0.25, 0.3) is 0 Å². The van der Waals surface area contributed by atoms with Gasteiger partial charge < -0.3 is 91.0 Å². The third-order valence-electron chi connectivity index (χ3n) is 26.3. The van der Waals surface area contributed by atoms with Crippen LogP contribution < -0.4 is 57.7 Å². The van der Waals surface area contributed by atoms with Crippen LogP contribution in [0.2, 0.25) is 0 Å². The first-order chi connectivity index (χ1) is 50.4. The fraction of sp³-hybridized carbons (Fsp3) is 0.550. The van der Waals surface area contributed by atoms with Crippen LogP contribution in [-0.4, -0.2) is 179 Å². The van der Waals surface area contributed by atoms with E-state index in [1.807, 2.05) is 36.2 Å². The van der Waals surface area contributed by atoms with Gasteiger partial charge in [0.1, 0.15) is 55.5 Å². The van der Waals surface area contributed by atoms with Crippen molar-refractivity contribution < 1.29 is 73.5 Å². The number of hydrogen-bond donors (Lipinski definition) is 14. The van der Waals surface area contributed by atoms with Gasteiger partial charge in [0.05, 0.1) is 73.3 Å². The number of aliphatic hydroxyl groups excluding tert-OH is 5. The summed E-state index contributed by atoms with van der Waals surface area (Å²) in [6.45, 7) is -0.503. The summed E-state index contributed by atoms with van der Waals surface area (Å²) >= 11 is 0. The van der Waals surface area contributed by atoms with Crippen LogP contribution >= 0.6 is 0 Å². The molecule has 4 aromatic rings. The number of ether oxygens (including phenoxy) is 5. The van der Waals surface area contributed by atoms with Gasteiger partial charge in [-0.2, -0.15) is 0 Å². The molecule has 4 aromatic carbocycles. The Hall–Kier alpha value is -7.42. The average molecular weight is 1420 g/mol. The fourth-order valence-electron chi connectivity index (χ4n) is 21.7. The molecular formula is C80H93N9O15. The van der Waals surface area contributed by atoms with Gasteiger partial charge in [0, 0.05) is 70.9 Å². The molecule has 14 aliphatic rings. The summed E-state index contributed by atoms with van der Waals surface area (Å²) in [5.74, 6) is 2.72. The molecular weight excluding hydrogens is 1330 g/mol. The van der Waals surface area contributed by atoms with Crippen LogP contribution in [0.25, 0.3) is 0 Å². The van der Waals surface area contributed by atoms with Gasteiger partial charge in [0.15, 0.2) is 28.7 Å². The molecule has 548 valence electrons. The molecule has 0 aromatic heterocycles. The highest BCUT2D eigenvalue weighted by molar-refractivity contribution is 6.29. The van der Waals surface area contributed by atoms with E-state index in [1.54, 1.807) is 12.1 Å². The van der Waals surface area contributed by atoms with E-state index in [2.05, 4.69) is 62.0 Å². The topological polar surface area (TPSA) is 363 Å². The van der Waals surface area contributed by atoms with Crippen molar-refractivity contribution in [2.75, 3.05) is 45.0 Å². The van der Waals surface area contributed by atoms with E-state index in [1.165, 1.54) is 17.7 Å². The summed E-state index contributed by atoms with van der Waals surface area (Å²) in [5, 5.41) is 99.6. The summed E-state index contributed by atoms with van der Waals surface area (Å²) in [4.78, 5) is 60.0. The van der Waals surface area contributed by atoms with Crippen LogP contribution in [0.5, 0.6) is 11.5 Å². The van der Waals surface area contributed by atoms with Crippen LogP contribution in [0.15, 0.2) is 94.9 Å². The number of hydrogen-bond acceptors (Lipinski definition) is 23. The number of dihydropyridines is 1. The number of aliphatic hydroxyl groups is 6. The summed E-state index contributed by atoms with van der Waals surface area (Å²) in [5.41, 5.74) is 17.9. The molecule has 2 spiro atoms. The highest BCUT2D eigenvalue weighted by atomic mass is 16.7. The van der Waals surface area contributed by atoms with E-state index in [-0.39, 0.29) is 121 Å². The number of carbonyl (C=O) groups is 4. The Labute approximate surface area is 603 Å². The van der Waals surface area contributed by atoms with Crippen molar-refractivity contribution >= 4 is 29.4 Å². The Balaban J connectivity index is 0.925. The number of rotatable bonds is 10. The maximum Gasteiger partial charge on any atom is 0.242 e. The normalized spacial score (nSPS) is 36.5. The van der Waals surface area contributed by atoms with Crippen molar-refractivity contribution in [1.82, 2.24) is 31.9 Å². The number of carbonyl (C=O) groups excluding carboxylic acids is 4. The molecule has 6 fully saturated rings. The minimum absolute atomic E-state index is 0.0399. The first-order valence-corrected chi connectivity index (χ1v) is 37.7. The monoisotopic (exact) mass is 1420 g/mol. The van der Waals surface area contributed by atoms with Crippen LogP contribution in [0.3, 0.4) is 0 Å². The molecule has 0 radical (unpaired) electrons. The van der Waals surface area contributed by atoms with E-state index in [0.717, 1.165) is 77.5 Å². The summed E-state index contributed by atoms with van der Waals surface area (Å²) in [6.07, 6.45) is -2.03. The van der Waals surface area contributed by atoms with E-state index >= 15 is 9.59 Å². The lowest BCUT2D eigenvalue weighted by atomic mass is 9.53. The number of aldehydes is 1. The summed E-state index contributed by atoms with van der Waals surface area (Å²) in [6, 6.07) is 17.4. The molecule has 4 saturated heterocycles. The molecule has 8 aliphatic heterocycles. The molecule has 2 saturated carbocycles. The smallest absolute Gasteiger partial charge is 0.242 e. The molecule has 18 rings (SSSR count). The highest BCUT2D eigenvalue weighted by Gasteiger charge is 2.67. The number of benzene rings is 4. The Morgan fingerprint density at radius 1 is 0.923 bits per heavy atom. The van der Waals surface area contributed by atoms with Gasteiger partial charge >= 0.3 is 0 Å². The van der Waals surface area contributed by atoms with E-state index in [0.29, 0.717) is 73.6 Å². The first-order valence-electron chi connectivity index (χ1n) is 37.7. The zero-order valence-electron chi connectivity index (χ0n) is 58.3. The van der Waals surface area contributed by atoms with Gasteiger partial charge in [-0.15, -0.1) is 0 Å². The van der Waals surface area contributed by atoms with Gasteiger partial charge in [-0.3, -0.25) is 30.8 Å². The number of para-hydroxylation sites is 1. The zero-order valence-corrected chi connectivity index (χ0v) is 58.3. The lowest BCUT2D eigenvalue weighted by Crippen LogP contribution is -2.73. The maximum atomic E-state index is 16.0. The van der Waals surface area contributed by atoms with E-state index < -0.39 is 121 Å². The number of nitrogens with zero attached hydrogens (tertiary/aromatic N) is 1. The maximum absolute atomic E-state index is 16.0. The lowest BCUT2D eigenvalue weighted by molar-refractivity contribution is -0.337. The van der Waals surface area contributed by atoms with Gasteiger partial charge in [-0.25, -0.2) is 0 Å². The van der Waals surface area contributed by atoms with Crippen molar-refractivity contribution in [3.05, 3.63) is 156 Å². The second kappa shape index (κ2) is 26.2. The van der Waals surface area contributed by atoms with Crippen LogP contribution in [-0.2, 0) is 49.8 Å². The number of fused-ring (bicyclic) bond motifs is 16. The molecule has 8 heterocycles. The quantitative estimate of drug-likeness (QED) is 0.0543. The number of amides is 1. The molecule has 6 aliphatic carbocycles. The number of nitrogens with two attached hydrogens (primary N) is 2. The van der Waals surface area contributed by atoms with Crippen molar-refractivity contribution in [2.24, 2.45) is 40.6 Å². The van der Waals surface area contributed by atoms with Crippen molar-refractivity contribution in [2.45, 2.75) is 206 Å². The molecule has 0 unspecified atom stereocenters. The SMILES string of the molecule is CNCc1cc2cc3c1[C@H]1CC[C@H]4C[C@@H]5CCC[C@H]5N[C@@H]5C6=C(N)NCC=C6[C@](CO[C@@H]6[C@H]7Oc8c(cc9c(c8OC[C@H](O)CC=O)C(=O)c8cc(CO)ccc8C9=O)[C@H](c8ccccc8N8CN[C@H]9C(=O)N[C@H](N)N[C@H]98)[C@H]8CC[C@@H](O)[C@H](C#C[C@@](O)([C@H]6O)[C@@H](O7)C6(CCCC6)OC8)C2)(C1=C45)[C@@H](O)C3. The summed E-state index contributed by atoms with van der Waals surface area (Å²) < 4.78 is 37.8. The molecule has 24 heteroatoms. The zero-order chi connectivity index (χ0) is 71.4. The predicted octanol–water partition coefficient (Wildman–Crippen LogP) is 2.67. The largest absolute Gasteiger partial charge is 0.486 e. The van der Waals surface area contributed by atoms with Gasteiger partial charge in [-0.05, 0) is 170 Å². The number of ketones is 2. The molecule has 24 nitrogen and oxygen atoms in total. The Morgan fingerprint density at radius 2 is 1.77 bits per heavy atom. The first kappa shape index (κ1) is 68.4. The van der Waals surface area contributed by atoms with Crippen molar-refractivity contribution in [3.63, 3.8) is 0 Å². The summed E-state index contributed by atoms with van der Waals surface area (Å²) in [7, 11) is 1.94. The average Bonchev–Trinajstić information content (AvgIpc) is 1.45. The molecule has 104 heavy (non-hydrogen) atoms. The third-order valence-corrected chi connectivity index (χ3v) is 26.3. The molecule has 1 amide bonds. The second-order valence-corrected chi connectivity index (χ2v) is 31.9. The molecule has 16 N–H and O–H groups in total. The standard InChI is InChI=1S/C80H93N9O15/c1-83-32-45-27-39-25-41-17-22-80(99)71(97)70(101-36-79-53-18-23-84-72(81)62(53)64-60-42(29-40-7-6-9-54(40)86-64)12-15-49(63(60)79)58(45)44(26-39)30-57(79)94)75-103-68-52(31-51-61(69(68)100-35-46(92)19-24-90)67(96)50-28-38(33-91)11-14-47(50)66(51)95)59(43(13-16-56(41)93)34-102-78(76(80)104-75)20-4-5-21-78)48-8-2-3-10-55(48)89-37-85-65-73(89)87-77(82)88-74(65)98/h2-3,8,10-11,14,18,24,26-28,31,40-43,46,49,54,56-57,59,64-65,70-71,73,75-77,83-87,91-94,97,99H,4-7,9,12-13,15-16,19-21,23,25,29-30,32-37,81-82H2,1H3,(H,88,98)/t40-,41+,42-,43-,46+,49+,54+,56+,57-,59-,64-,65+,70-,71-,73-,75-,76-,77+,79-,80+/m0/s1.